The number of carbonyl (C=O) groups is 1. The number of thioether (sulfide) groups is 1. The lowest BCUT2D eigenvalue weighted by atomic mass is 10.2. The molecule has 0 aliphatic rings. The first-order chi connectivity index (χ1) is 13.0. The normalized spacial score (nSPS) is 10.8. The van der Waals surface area contributed by atoms with E-state index in [0.29, 0.717) is 21.4 Å². The smallest absolute Gasteiger partial charge is 0.253 e. The van der Waals surface area contributed by atoms with Gasteiger partial charge in [0.15, 0.2) is 11.0 Å². The topological polar surface area (TPSA) is 59.8 Å². The molecule has 0 aliphatic carbocycles. The van der Waals surface area contributed by atoms with Gasteiger partial charge in [-0.25, -0.2) is 0 Å². The highest BCUT2D eigenvalue weighted by atomic mass is 35.5. The zero-order valence-electron chi connectivity index (χ0n) is 14.9. The molecule has 0 saturated carbocycles. The zero-order valence-corrected chi connectivity index (χ0v) is 17.2. The number of aromatic nitrogens is 3. The Kier molecular flexibility index (Phi) is 6.42. The number of nitrogens with zero attached hydrogens (tertiary/aromatic N) is 3. The van der Waals surface area contributed by atoms with Crippen molar-refractivity contribution in [3.8, 4) is 5.69 Å². The molecule has 0 spiro atoms. The van der Waals surface area contributed by atoms with Crippen molar-refractivity contribution in [3.05, 3.63) is 69.5 Å². The quantitative estimate of drug-likeness (QED) is 0.574. The van der Waals surface area contributed by atoms with Crippen LogP contribution in [0.5, 0.6) is 0 Å². The molecule has 5 nitrogen and oxygen atoms in total. The molecular formula is C19H18Cl2N4OS. The standard InChI is InChI=1S/C19H18Cl2N4OS/c1-3-27-19-24-23-17(25(19)14-6-4-5-12(2)9-14)11-22-18(26)15-8-7-13(20)10-16(15)21/h4-10H,3,11H2,1-2H3,(H,22,26). The fraction of sp³-hybridized carbons (Fsp3) is 0.211. The summed E-state index contributed by atoms with van der Waals surface area (Å²) in [5, 5.41) is 13.0. The molecule has 3 aromatic rings. The van der Waals surface area contributed by atoms with Crippen LogP contribution < -0.4 is 5.32 Å². The van der Waals surface area contributed by atoms with Crippen LogP contribution in [-0.2, 0) is 6.54 Å². The summed E-state index contributed by atoms with van der Waals surface area (Å²) in [4.78, 5) is 12.5. The van der Waals surface area contributed by atoms with Gasteiger partial charge in [-0.3, -0.25) is 9.36 Å². The summed E-state index contributed by atoms with van der Waals surface area (Å²) >= 11 is 13.6. The molecule has 0 radical (unpaired) electrons. The van der Waals surface area contributed by atoms with E-state index in [0.717, 1.165) is 22.2 Å². The fourth-order valence-corrected chi connectivity index (χ4v) is 3.78. The second-order valence-electron chi connectivity index (χ2n) is 5.81. The molecule has 0 unspecified atom stereocenters. The van der Waals surface area contributed by atoms with E-state index < -0.39 is 0 Å². The van der Waals surface area contributed by atoms with Gasteiger partial charge in [-0.15, -0.1) is 10.2 Å². The largest absolute Gasteiger partial charge is 0.345 e. The Morgan fingerprint density at radius 2 is 2.00 bits per heavy atom. The maximum atomic E-state index is 12.5. The van der Waals surface area contributed by atoms with E-state index in [1.807, 2.05) is 29.7 Å². The summed E-state index contributed by atoms with van der Waals surface area (Å²) in [6.45, 7) is 4.32. The minimum Gasteiger partial charge on any atom is -0.345 e. The van der Waals surface area contributed by atoms with Crippen molar-refractivity contribution < 1.29 is 4.79 Å². The highest BCUT2D eigenvalue weighted by Crippen LogP contribution is 2.23. The molecule has 1 aromatic heterocycles. The number of hydrogen-bond acceptors (Lipinski definition) is 4. The number of carbonyl (C=O) groups excluding carboxylic acids is 1. The molecule has 2 aromatic carbocycles. The van der Waals surface area contributed by atoms with Gasteiger partial charge in [0.05, 0.1) is 17.1 Å². The second kappa shape index (κ2) is 8.78. The van der Waals surface area contributed by atoms with Crippen molar-refractivity contribution in [2.24, 2.45) is 0 Å². The van der Waals surface area contributed by atoms with E-state index in [-0.39, 0.29) is 12.5 Å². The molecular weight excluding hydrogens is 403 g/mol. The van der Waals surface area contributed by atoms with Gasteiger partial charge >= 0.3 is 0 Å². The number of aryl methyl sites for hydroxylation is 1. The average molecular weight is 421 g/mol. The van der Waals surface area contributed by atoms with Crippen molar-refractivity contribution in [1.82, 2.24) is 20.1 Å². The minimum atomic E-state index is -0.292. The Bertz CT molecular complexity index is 974. The minimum absolute atomic E-state index is 0.225. The van der Waals surface area contributed by atoms with E-state index in [1.165, 1.54) is 0 Å². The Morgan fingerprint density at radius 1 is 1.19 bits per heavy atom. The van der Waals surface area contributed by atoms with Crippen molar-refractivity contribution in [2.45, 2.75) is 25.5 Å². The number of nitrogens with one attached hydrogen (secondary N) is 1. The first-order valence-corrected chi connectivity index (χ1v) is 10.1. The highest BCUT2D eigenvalue weighted by molar-refractivity contribution is 7.99. The Morgan fingerprint density at radius 3 is 2.70 bits per heavy atom. The van der Waals surface area contributed by atoms with Gasteiger partial charge in [-0.05, 0) is 48.6 Å². The van der Waals surface area contributed by atoms with Gasteiger partial charge in [0, 0.05) is 10.7 Å². The lowest BCUT2D eigenvalue weighted by Gasteiger charge is -2.11. The number of hydrogen-bond donors (Lipinski definition) is 1. The lowest BCUT2D eigenvalue weighted by molar-refractivity contribution is 0.0950. The van der Waals surface area contributed by atoms with Crippen LogP contribution >= 0.6 is 35.0 Å². The van der Waals surface area contributed by atoms with E-state index in [9.17, 15) is 4.79 Å². The first kappa shape index (κ1) is 19.7. The van der Waals surface area contributed by atoms with Gasteiger partial charge in [0.25, 0.3) is 5.91 Å². The van der Waals surface area contributed by atoms with Crippen LogP contribution in [-0.4, -0.2) is 26.4 Å². The third kappa shape index (κ3) is 4.64. The monoisotopic (exact) mass is 420 g/mol. The van der Waals surface area contributed by atoms with Crippen molar-refractivity contribution in [1.29, 1.82) is 0 Å². The van der Waals surface area contributed by atoms with Gasteiger partial charge < -0.3 is 5.32 Å². The van der Waals surface area contributed by atoms with E-state index in [4.69, 9.17) is 23.2 Å². The molecule has 3 rings (SSSR count). The molecule has 1 N–H and O–H groups in total. The Labute approximate surface area is 172 Å². The molecule has 0 fully saturated rings. The Balaban J connectivity index is 1.85. The van der Waals surface area contributed by atoms with Gasteiger partial charge in [-0.1, -0.05) is 54.0 Å². The van der Waals surface area contributed by atoms with Crippen molar-refractivity contribution >= 4 is 40.9 Å². The van der Waals surface area contributed by atoms with Crippen molar-refractivity contribution in [3.63, 3.8) is 0 Å². The molecule has 1 heterocycles. The predicted octanol–water partition coefficient (Wildman–Crippen LogP) is 4.92. The predicted molar refractivity (Wildman–Crippen MR) is 110 cm³/mol. The average Bonchev–Trinajstić information content (AvgIpc) is 3.02. The van der Waals surface area contributed by atoms with E-state index >= 15 is 0 Å². The molecule has 8 heteroatoms. The number of rotatable bonds is 6. The highest BCUT2D eigenvalue weighted by Gasteiger charge is 2.16. The molecule has 27 heavy (non-hydrogen) atoms. The summed E-state index contributed by atoms with van der Waals surface area (Å²) in [7, 11) is 0. The molecule has 140 valence electrons. The van der Waals surface area contributed by atoms with Crippen LogP contribution in [0.3, 0.4) is 0 Å². The summed E-state index contributed by atoms with van der Waals surface area (Å²) in [6.07, 6.45) is 0. The summed E-state index contributed by atoms with van der Waals surface area (Å²) in [6, 6.07) is 12.9. The summed E-state index contributed by atoms with van der Waals surface area (Å²) in [5.41, 5.74) is 2.46. The third-order valence-electron chi connectivity index (χ3n) is 3.82. The third-order valence-corrected chi connectivity index (χ3v) is 5.18. The molecule has 0 atom stereocenters. The summed E-state index contributed by atoms with van der Waals surface area (Å²) < 4.78 is 1.96. The SMILES string of the molecule is CCSc1nnc(CNC(=O)c2ccc(Cl)cc2Cl)n1-c1cccc(C)c1. The van der Waals surface area contributed by atoms with Crippen molar-refractivity contribution in [2.75, 3.05) is 5.75 Å². The van der Waals surface area contributed by atoms with Gasteiger partial charge in [-0.2, -0.15) is 0 Å². The Hall–Kier alpha value is -2.02. The molecule has 1 amide bonds. The van der Waals surface area contributed by atoms with Crippen LogP contribution in [0, 0.1) is 6.92 Å². The van der Waals surface area contributed by atoms with Crippen LogP contribution in [0.15, 0.2) is 47.6 Å². The molecule has 0 bridgehead atoms. The maximum absolute atomic E-state index is 12.5. The van der Waals surface area contributed by atoms with Crippen LogP contribution in [0.4, 0.5) is 0 Å². The molecule has 0 aliphatic heterocycles. The van der Waals surface area contributed by atoms with Gasteiger partial charge in [0.1, 0.15) is 0 Å². The number of amides is 1. The lowest BCUT2D eigenvalue weighted by Crippen LogP contribution is -2.25. The van der Waals surface area contributed by atoms with E-state index in [2.05, 4.69) is 28.5 Å². The van der Waals surface area contributed by atoms with Crippen LogP contribution in [0.1, 0.15) is 28.7 Å². The molecule has 0 saturated heterocycles. The number of halogens is 2. The second-order valence-corrected chi connectivity index (χ2v) is 7.89. The number of benzene rings is 2. The fourth-order valence-electron chi connectivity index (χ4n) is 2.59. The van der Waals surface area contributed by atoms with Crippen LogP contribution in [0.2, 0.25) is 10.0 Å². The van der Waals surface area contributed by atoms with E-state index in [1.54, 1.807) is 30.0 Å². The summed E-state index contributed by atoms with van der Waals surface area (Å²) in [5.74, 6) is 1.23. The first-order valence-electron chi connectivity index (χ1n) is 8.37. The maximum Gasteiger partial charge on any atom is 0.253 e. The van der Waals surface area contributed by atoms with Crippen LogP contribution in [0.25, 0.3) is 5.69 Å². The van der Waals surface area contributed by atoms with Gasteiger partial charge in [0.2, 0.25) is 0 Å². The zero-order chi connectivity index (χ0) is 19.4.